The Kier molecular flexibility index (Phi) is 10.9. The molecular formula is C68H38N8. The van der Waals surface area contributed by atoms with Gasteiger partial charge >= 0.3 is 0 Å². The number of nitriles is 1. The molecule has 0 aliphatic carbocycles. The molecule has 13 aromatic rings. The first-order chi connectivity index (χ1) is 37.5. The normalized spacial score (nSPS) is 11.1. The summed E-state index contributed by atoms with van der Waals surface area (Å²) in [6.07, 6.45) is 0. The van der Waals surface area contributed by atoms with E-state index in [0.717, 1.165) is 111 Å². The van der Waals surface area contributed by atoms with Crippen LogP contribution in [-0.4, -0.2) is 19.1 Å². The molecule has 8 nitrogen and oxygen atoms in total. The number of hydrogen-bond donors (Lipinski definition) is 0. The van der Waals surface area contributed by atoms with Crippen LogP contribution in [0.4, 0.5) is 17.1 Å². The smallest absolute Gasteiger partial charge is 0.188 e. The maximum Gasteiger partial charge on any atom is 0.188 e. The molecule has 3 aromatic heterocycles. The van der Waals surface area contributed by atoms with Crippen LogP contribution >= 0.6 is 0 Å². The predicted octanol–water partition coefficient (Wildman–Crippen LogP) is 18.2. The highest BCUT2D eigenvalue weighted by Gasteiger charge is 2.26. The summed E-state index contributed by atoms with van der Waals surface area (Å²) < 4.78 is 4.67. The highest BCUT2D eigenvalue weighted by Crippen LogP contribution is 2.47. The second-order valence-electron chi connectivity index (χ2n) is 18.5. The van der Waals surface area contributed by atoms with Gasteiger partial charge in [0, 0.05) is 54.9 Å². The minimum absolute atomic E-state index is 0.389. The van der Waals surface area contributed by atoms with Gasteiger partial charge in [0.15, 0.2) is 22.9 Å². The average molecular weight is 967 g/mol. The summed E-state index contributed by atoms with van der Waals surface area (Å²) in [6.45, 7) is 23.5. The minimum Gasteiger partial charge on any atom is -0.309 e. The Balaban J connectivity index is 1.16. The third-order valence-electron chi connectivity index (χ3n) is 14.3. The molecule has 0 amide bonds. The van der Waals surface area contributed by atoms with Gasteiger partial charge in [-0.05, 0) is 82.9 Å². The van der Waals surface area contributed by atoms with E-state index in [1.807, 2.05) is 60.7 Å². The van der Waals surface area contributed by atoms with Gasteiger partial charge < -0.3 is 9.13 Å². The van der Waals surface area contributed by atoms with E-state index in [1.165, 1.54) is 0 Å². The van der Waals surface area contributed by atoms with Crippen molar-refractivity contribution < 1.29 is 0 Å². The van der Waals surface area contributed by atoms with Crippen molar-refractivity contribution in [2.75, 3.05) is 0 Å². The Morgan fingerprint density at radius 2 is 0.868 bits per heavy atom. The number of rotatable bonds is 8. The molecule has 0 radical (unpaired) electrons. The summed E-state index contributed by atoms with van der Waals surface area (Å²) in [7, 11) is 0. The van der Waals surface area contributed by atoms with Gasteiger partial charge in [0.2, 0.25) is 0 Å². The number of para-hydroxylation sites is 3. The third-order valence-corrected chi connectivity index (χ3v) is 14.3. The second-order valence-corrected chi connectivity index (χ2v) is 18.5. The van der Waals surface area contributed by atoms with E-state index in [9.17, 15) is 5.26 Å². The van der Waals surface area contributed by atoms with Crippen LogP contribution in [0.15, 0.2) is 231 Å². The quantitative estimate of drug-likeness (QED) is 0.142. The summed E-state index contributed by atoms with van der Waals surface area (Å²) >= 11 is 0. The molecule has 0 atom stereocenters. The zero-order valence-electron chi connectivity index (χ0n) is 40.5. The molecule has 76 heavy (non-hydrogen) atoms. The summed E-state index contributed by atoms with van der Waals surface area (Å²) in [5, 5.41) is 14.5. The maximum atomic E-state index is 10.4. The fraction of sp³-hybridized carbons (Fsp3) is 0. The molecule has 350 valence electrons. The largest absolute Gasteiger partial charge is 0.309 e. The molecule has 3 heterocycles. The van der Waals surface area contributed by atoms with Crippen LogP contribution < -0.4 is 0 Å². The molecule has 0 spiro atoms. The van der Waals surface area contributed by atoms with Crippen LogP contribution in [0.25, 0.3) is 137 Å². The van der Waals surface area contributed by atoms with Crippen LogP contribution in [0.2, 0.25) is 0 Å². The van der Waals surface area contributed by atoms with Crippen LogP contribution in [0.1, 0.15) is 5.56 Å². The molecule has 0 aliphatic heterocycles. The summed E-state index contributed by atoms with van der Waals surface area (Å²) in [6, 6.07) is 79.9. The predicted molar refractivity (Wildman–Crippen MR) is 307 cm³/mol. The highest BCUT2D eigenvalue weighted by atomic mass is 15.0. The zero-order valence-corrected chi connectivity index (χ0v) is 40.5. The van der Waals surface area contributed by atoms with Crippen molar-refractivity contribution >= 4 is 60.7 Å². The lowest BCUT2D eigenvalue weighted by Gasteiger charge is -2.21. The third kappa shape index (κ3) is 7.43. The molecule has 8 heteroatoms. The van der Waals surface area contributed by atoms with Gasteiger partial charge in [-0.25, -0.2) is 24.5 Å². The second kappa shape index (κ2) is 18.5. The fourth-order valence-electron chi connectivity index (χ4n) is 10.8. The van der Waals surface area contributed by atoms with E-state index >= 15 is 0 Å². The lowest BCUT2D eigenvalue weighted by atomic mass is 9.94. The number of benzene rings is 10. The summed E-state index contributed by atoms with van der Waals surface area (Å²) in [5.74, 6) is 0.556. The first-order valence-corrected chi connectivity index (χ1v) is 24.6. The standard InChI is InChI=1S/C68H38N8/c1-70-48-31-33-50(47(37-48)42-69)45-29-35-64-56(38-45)57-39-46(51-34-32-49(71-2)40-60(51)72-3)30-36-65(57)76(64)66-28-16-24-55(68-73-58(43-17-6-4-7-18-43)41-59(74-68)44-19-8-5-9-20-44)67(66)54-23-12-15-27-63(54)75-61-25-13-10-21-52(61)53-22-11-14-26-62(53)75/h4-41H. The molecule has 0 aliphatic rings. The van der Waals surface area contributed by atoms with Gasteiger partial charge in [-0.3, -0.25) is 0 Å². The number of aromatic nitrogens is 4. The SMILES string of the molecule is [C-]#[N+]c1ccc(-c2ccc3c(c2)c2cc(-c4ccc([N+]#[C-])cc4[N+]#[C-])ccc2n3-c2cccc(-c3nc(-c4ccccc4)cc(-c4ccccc4)n3)c2-c2ccccc2-n2c3ccccc3c3ccccc32)c(C#N)c1. The van der Waals surface area contributed by atoms with E-state index in [1.54, 1.807) is 24.3 Å². The van der Waals surface area contributed by atoms with Gasteiger partial charge in [-0.15, -0.1) is 0 Å². The lowest BCUT2D eigenvalue weighted by Crippen LogP contribution is -2.04. The molecule has 0 N–H and O–H groups in total. The zero-order chi connectivity index (χ0) is 51.3. The molecular weight excluding hydrogens is 929 g/mol. The van der Waals surface area contributed by atoms with Crippen molar-refractivity contribution in [1.82, 2.24) is 19.1 Å². The van der Waals surface area contributed by atoms with Crippen LogP contribution in [0.3, 0.4) is 0 Å². The lowest BCUT2D eigenvalue weighted by molar-refractivity contribution is 1.15. The highest BCUT2D eigenvalue weighted by molar-refractivity contribution is 6.14. The van der Waals surface area contributed by atoms with E-state index in [-0.39, 0.29) is 0 Å². The van der Waals surface area contributed by atoms with Crippen LogP contribution in [-0.2, 0) is 0 Å². The van der Waals surface area contributed by atoms with Crippen LogP contribution in [0.5, 0.6) is 0 Å². The number of nitrogens with zero attached hydrogens (tertiary/aromatic N) is 8. The number of fused-ring (bicyclic) bond motifs is 6. The number of hydrogen-bond acceptors (Lipinski definition) is 3. The Morgan fingerprint density at radius 1 is 0.368 bits per heavy atom. The first-order valence-electron chi connectivity index (χ1n) is 24.6. The van der Waals surface area contributed by atoms with Gasteiger partial charge in [-0.1, -0.05) is 170 Å². The minimum atomic E-state index is 0.389. The van der Waals surface area contributed by atoms with Gasteiger partial charge in [0.1, 0.15) is 0 Å². The van der Waals surface area contributed by atoms with Crippen molar-refractivity contribution in [3.8, 4) is 84.7 Å². The fourth-order valence-corrected chi connectivity index (χ4v) is 10.8. The molecule has 0 saturated carbocycles. The Labute approximate surface area is 438 Å². The Morgan fingerprint density at radius 3 is 1.47 bits per heavy atom. The molecule has 10 aromatic carbocycles. The van der Waals surface area contributed by atoms with E-state index < -0.39 is 0 Å². The summed E-state index contributed by atoms with van der Waals surface area (Å²) in [5.41, 5.74) is 16.7. The van der Waals surface area contributed by atoms with Gasteiger partial charge in [0.05, 0.1) is 70.6 Å². The van der Waals surface area contributed by atoms with E-state index in [4.69, 9.17) is 29.7 Å². The molecule has 0 bridgehead atoms. The van der Waals surface area contributed by atoms with Gasteiger partial charge in [-0.2, -0.15) is 5.26 Å². The van der Waals surface area contributed by atoms with Crippen molar-refractivity contribution in [3.05, 3.63) is 270 Å². The van der Waals surface area contributed by atoms with Crippen LogP contribution in [0, 0.1) is 31.0 Å². The molecule has 0 unspecified atom stereocenters. The van der Waals surface area contributed by atoms with Crippen molar-refractivity contribution in [2.45, 2.75) is 0 Å². The Bertz CT molecular complexity index is 4450. The monoisotopic (exact) mass is 966 g/mol. The molecule has 13 rings (SSSR count). The first kappa shape index (κ1) is 44.8. The van der Waals surface area contributed by atoms with E-state index in [0.29, 0.717) is 34.0 Å². The van der Waals surface area contributed by atoms with Gasteiger partial charge in [0.25, 0.3) is 0 Å². The molecule has 0 saturated heterocycles. The van der Waals surface area contributed by atoms with E-state index in [2.05, 4.69) is 175 Å². The maximum absolute atomic E-state index is 10.4. The molecule has 0 fully saturated rings. The Hall–Kier alpha value is -11.2. The van der Waals surface area contributed by atoms with Crippen molar-refractivity contribution in [3.63, 3.8) is 0 Å². The topological polar surface area (TPSA) is 72.5 Å². The average Bonchev–Trinajstić information content (AvgIpc) is 4.08. The van der Waals surface area contributed by atoms with Crippen molar-refractivity contribution in [2.24, 2.45) is 0 Å². The summed E-state index contributed by atoms with van der Waals surface area (Å²) in [4.78, 5) is 22.0. The van der Waals surface area contributed by atoms with Crippen molar-refractivity contribution in [1.29, 1.82) is 5.26 Å².